The van der Waals surface area contributed by atoms with Crippen LogP contribution in [0.2, 0.25) is 0 Å². The van der Waals surface area contributed by atoms with Crippen LogP contribution in [0.15, 0.2) is 53.4 Å². The van der Waals surface area contributed by atoms with Crippen molar-refractivity contribution in [3.8, 4) is 5.75 Å². The van der Waals surface area contributed by atoms with E-state index >= 15 is 0 Å². The van der Waals surface area contributed by atoms with E-state index in [0.717, 1.165) is 0 Å². The SMILES string of the molecule is CC(=O)Oc1ccccc1C(=O)Nc1ccc(S(=O)(=O)N2CC(C)OC(C)C2)cc1. The second-order valence-corrected chi connectivity index (χ2v) is 9.09. The summed E-state index contributed by atoms with van der Waals surface area (Å²) in [5.74, 6) is -0.855. The van der Waals surface area contributed by atoms with Gasteiger partial charge in [0.05, 0.1) is 22.7 Å². The number of hydrogen-bond acceptors (Lipinski definition) is 6. The van der Waals surface area contributed by atoms with E-state index in [1.54, 1.807) is 12.1 Å². The number of carbonyl (C=O) groups is 2. The first-order valence-corrected chi connectivity index (χ1v) is 11.0. The number of anilines is 1. The Kier molecular flexibility index (Phi) is 6.55. The molecule has 0 saturated carbocycles. The highest BCUT2D eigenvalue weighted by Crippen LogP contribution is 2.24. The lowest BCUT2D eigenvalue weighted by molar-refractivity contribution is -0.131. The third-order valence-corrected chi connectivity index (χ3v) is 6.37. The lowest BCUT2D eigenvalue weighted by atomic mass is 10.2. The molecular weight excluding hydrogens is 408 g/mol. The number of rotatable bonds is 5. The quantitative estimate of drug-likeness (QED) is 0.576. The van der Waals surface area contributed by atoms with Gasteiger partial charge in [-0.05, 0) is 50.2 Å². The molecule has 2 aromatic carbocycles. The van der Waals surface area contributed by atoms with E-state index in [4.69, 9.17) is 9.47 Å². The molecule has 2 aromatic rings. The van der Waals surface area contributed by atoms with Crippen molar-refractivity contribution in [2.45, 2.75) is 37.9 Å². The number of nitrogens with one attached hydrogen (secondary N) is 1. The van der Waals surface area contributed by atoms with Crippen molar-refractivity contribution in [3.63, 3.8) is 0 Å². The minimum atomic E-state index is -3.66. The Morgan fingerprint density at radius 2 is 1.63 bits per heavy atom. The molecule has 160 valence electrons. The zero-order valence-corrected chi connectivity index (χ0v) is 17.8. The van der Waals surface area contributed by atoms with Gasteiger partial charge in [0, 0.05) is 25.7 Å². The van der Waals surface area contributed by atoms with Gasteiger partial charge >= 0.3 is 5.97 Å². The van der Waals surface area contributed by atoms with Gasteiger partial charge in [-0.1, -0.05) is 12.1 Å². The Balaban J connectivity index is 1.75. The van der Waals surface area contributed by atoms with Crippen molar-refractivity contribution >= 4 is 27.6 Å². The molecule has 1 saturated heterocycles. The van der Waals surface area contributed by atoms with Crippen molar-refractivity contribution in [2.75, 3.05) is 18.4 Å². The third-order valence-electron chi connectivity index (χ3n) is 4.52. The lowest BCUT2D eigenvalue weighted by Gasteiger charge is -2.34. The fraction of sp³-hybridized carbons (Fsp3) is 0.333. The van der Waals surface area contributed by atoms with Crippen LogP contribution >= 0.6 is 0 Å². The largest absolute Gasteiger partial charge is 0.426 e. The summed E-state index contributed by atoms with van der Waals surface area (Å²) in [4.78, 5) is 23.9. The second-order valence-electron chi connectivity index (χ2n) is 7.15. The van der Waals surface area contributed by atoms with Crippen LogP contribution in [0.5, 0.6) is 5.75 Å². The van der Waals surface area contributed by atoms with Crippen LogP contribution in [-0.4, -0.2) is 49.9 Å². The molecule has 1 fully saturated rings. The van der Waals surface area contributed by atoms with Crippen molar-refractivity contribution in [3.05, 3.63) is 54.1 Å². The molecular formula is C21H24N2O6S. The van der Waals surface area contributed by atoms with E-state index in [2.05, 4.69) is 5.32 Å². The van der Waals surface area contributed by atoms with E-state index < -0.39 is 21.9 Å². The van der Waals surface area contributed by atoms with Gasteiger partial charge < -0.3 is 14.8 Å². The van der Waals surface area contributed by atoms with Gasteiger partial charge in [-0.3, -0.25) is 9.59 Å². The van der Waals surface area contributed by atoms with Gasteiger partial charge in [0.2, 0.25) is 10.0 Å². The van der Waals surface area contributed by atoms with Gasteiger partial charge in [0.15, 0.2) is 0 Å². The van der Waals surface area contributed by atoms with Crippen LogP contribution in [0.4, 0.5) is 5.69 Å². The monoisotopic (exact) mass is 432 g/mol. The summed E-state index contributed by atoms with van der Waals surface area (Å²) >= 11 is 0. The lowest BCUT2D eigenvalue weighted by Crippen LogP contribution is -2.48. The zero-order valence-electron chi connectivity index (χ0n) is 17.0. The van der Waals surface area contributed by atoms with E-state index in [1.807, 2.05) is 13.8 Å². The Labute approximate surface area is 175 Å². The third kappa shape index (κ3) is 5.05. The predicted octanol–water partition coefficient (Wildman–Crippen LogP) is 2.66. The number of morpholine rings is 1. The Hall–Kier alpha value is -2.75. The molecule has 30 heavy (non-hydrogen) atoms. The molecule has 0 radical (unpaired) electrons. The molecule has 8 nitrogen and oxygen atoms in total. The molecule has 2 unspecified atom stereocenters. The molecule has 0 bridgehead atoms. The topological polar surface area (TPSA) is 102 Å². The zero-order chi connectivity index (χ0) is 21.9. The van der Waals surface area contributed by atoms with Gasteiger partial charge in [-0.25, -0.2) is 8.42 Å². The standard InChI is InChI=1S/C21H24N2O6S/c1-14-12-23(13-15(2)28-14)30(26,27)18-10-8-17(9-11-18)22-21(25)19-6-4-5-7-20(19)29-16(3)24/h4-11,14-15H,12-13H2,1-3H3,(H,22,25). The number of carbonyl (C=O) groups excluding carboxylic acids is 2. The molecule has 0 spiro atoms. The molecule has 1 amide bonds. The smallest absolute Gasteiger partial charge is 0.308 e. The molecule has 1 aliphatic heterocycles. The van der Waals surface area contributed by atoms with Crippen LogP contribution in [0.3, 0.4) is 0 Å². The van der Waals surface area contributed by atoms with Crippen LogP contribution in [0, 0.1) is 0 Å². The summed E-state index contributed by atoms with van der Waals surface area (Å²) in [6, 6.07) is 12.3. The van der Waals surface area contributed by atoms with Crippen molar-refractivity contribution in [1.82, 2.24) is 4.31 Å². The number of hydrogen-bond donors (Lipinski definition) is 1. The molecule has 0 aliphatic carbocycles. The minimum Gasteiger partial charge on any atom is -0.426 e. The number of nitrogens with zero attached hydrogens (tertiary/aromatic N) is 1. The van der Waals surface area contributed by atoms with Gasteiger partial charge in [0.25, 0.3) is 5.91 Å². The van der Waals surface area contributed by atoms with Gasteiger partial charge in [0.1, 0.15) is 5.75 Å². The van der Waals surface area contributed by atoms with E-state index in [-0.39, 0.29) is 41.5 Å². The molecule has 1 heterocycles. The summed E-state index contributed by atoms with van der Waals surface area (Å²) in [6.45, 7) is 5.51. The van der Waals surface area contributed by atoms with Gasteiger partial charge in [-0.2, -0.15) is 4.31 Å². The normalized spacial score (nSPS) is 19.8. The first-order chi connectivity index (χ1) is 14.2. The minimum absolute atomic E-state index is 0.141. The van der Waals surface area contributed by atoms with Crippen LogP contribution < -0.4 is 10.1 Å². The summed E-state index contributed by atoms with van der Waals surface area (Å²) in [5.41, 5.74) is 0.612. The number of benzene rings is 2. The maximum atomic E-state index is 12.9. The highest BCUT2D eigenvalue weighted by molar-refractivity contribution is 7.89. The maximum absolute atomic E-state index is 12.9. The molecule has 9 heteroatoms. The van der Waals surface area contributed by atoms with Crippen molar-refractivity contribution < 1.29 is 27.5 Å². The fourth-order valence-corrected chi connectivity index (χ4v) is 4.87. The first-order valence-electron chi connectivity index (χ1n) is 9.51. The second kappa shape index (κ2) is 8.95. The van der Waals surface area contributed by atoms with E-state index in [1.165, 1.54) is 47.6 Å². The first kappa shape index (κ1) is 21.9. The number of esters is 1. The molecule has 1 aliphatic rings. The maximum Gasteiger partial charge on any atom is 0.308 e. The Bertz CT molecular complexity index is 1030. The molecule has 1 N–H and O–H groups in total. The summed E-state index contributed by atoms with van der Waals surface area (Å²) < 4.78 is 37.9. The summed E-state index contributed by atoms with van der Waals surface area (Å²) in [5, 5.41) is 2.69. The predicted molar refractivity (Wildman–Crippen MR) is 111 cm³/mol. The van der Waals surface area contributed by atoms with Crippen molar-refractivity contribution in [1.29, 1.82) is 0 Å². The molecule has 2 atom stereocenters. The fourth-order valence-electron chi connectivity index (χ4n) is 3.28. The van der Waals surface area contributed by atoms with Crippen molar-refractivity contribution in [2.24, 2.45) is 0 Å². The molecule has 3 rings (SSSR count). The Morgan fingerprint density at radius 3 is 2.23 bits per heavy atom. The van der Waals surface area contributed by atoms with Crippen LogP contribution in [0.1, 0.15) is 31.1 Å². The Morgan fingerprint density at radius 1 is 1.03 bits per heavy atom. The summed E-state index contributed by atoms with van der Waals surface area (Å²) in [7, 11) is -3.66. The van der Waals surface area contributed by atoms with Gasteiger partial charge in [-0.15, -0.1) is 0 Å². The molecule has 0 aromatic heterocycles. The number of amides is 1. The number of para-hydroxylation sites is 1. The average Bonchev–Trinajstić information content (AvgIpc) is 2.67. The highest BCUT2D eigenvalue weighted by atomic mass is 32.2. The number of ether oxygens (including phenoxy) is 2. The van der Waals surface area contributed by atoms with E-state index in [9.17, 15) is 18.0 Å². The summed E-state index contributed by atoms with van der Waals surface area (Å²) in [6.07, 6.45) is -0.362. The van der Waals surface area contributed by atoms with Crippen LogP contribution in [0.25, 0.3) is 0 Å². The highest BCUT2D eigenvalue weighted by Gasteiger charge is 2.32. The average molecular weight is 432 g/mol. The van der Waals surface area contributed by atoms with Crippen LogP contribution in [-0.2, 0) is 19.6 Å². The number of sulfonamides is 1. The van der Waals surface area contributed by atoms with E-state index in [0.29, 0.717) is 5.69 Å².